The number of rotatable bonds is 3. The number of hydrogen-bond donors (Lipinski definition) is 1. The average molecular weight is 351 g/mol. The summed E-state index contributed by atoms with van der Waals surface area (Å²) in [6.07, 6.45) is 3.32. The predicted molar refractivity (Wildman–Crippen MR) is 91.7 cm³/mol. The van der Waals surface area contributed by atoms with Gasteiger partial charge in [-0.15, -0.1) is 0 Å². The third-order valence-electron chi connectivity index (χ3n) is 4.88. The molecule has 2 saturated heterocycles. The summed E-state index contributed by atoms with van der Waals surface area (Å²) in [6.45, 7) is 2.05. The van der Waals surface area contributed by atoms with Gasteiger partial charge in [-0.05, 0) is 37.8 Å². The predicted octanol–water partition coefficient (Wildman–Crippen LogP) is 1.04. The number of nitrogens with two attached hydrogens (primary N) is 1. The summed E-state index contributed by atoms with van der Waals surface area (Å²) in [5.74, 6) is -0.208. The Morgan fingerprint density at radius 1 is 1.04 bits per heavy atom. The lowest BCUT2D eigenvalue weighted by Crippen LogP contribution is -2.51. The number of hydrogen-bond acceptors (Lipinski definition) is 4. The van der Waals surface area contributed by atoms with Crippen LogP contribution in [-0.2, 0) is 14.8 Å². The molecule has 132 valence electrons. The van der Waals surface area contributed by atoms with Crippen molar-refractivity contribution in [2.45, 2.75) is 36.6 Å². The number of nitrogens with zero attached hydrogens (tertiary/aromatic N) is 2. The summed E-state index contributed by atoms with van der Waals surface area (Å²) < 4.78 is 27.0. The Morgan fingerprint density at radius 3 is 2.46 bits per heavy atom. The molecule has 2 aliphatic heterocycles. The molecule has 2 heterocycles. The van der Waals surface area contributed by atoms with Crippen molar-refractivity contribution in [3.63, 3.8) is 0 Å². The van der Waals surface area contributed by atoms with Crippen molar-refractivity contribution in [3.05, 3.63) is 30.3 Å². The van der Waals surface area contributed by atoms with Gasteiger partial charge in [0.15, 0.2) is 0 Å². The molecule has 1 aromatic carbocycles. The van der Waals surface area contributed by atoms with E-state index in [4.69, 9.17) is 5.73 Å². The zero-order chi connectivity index (χ0) is 17.2. The highest BCUT2D eigenvalue weighted by Gasteiger charge is 2.35. The van der Waals surface area contributed by atoms with Crippen LogP contribution >= 0.6 is 0 Å². The fourth-order valence-electron chi connectivity index (χ4n) is 3.57. The first-order chi connectivity index (χ1) is 11.5. The van der Waals surface area contributed by atoms with Gasteiger partial charge in [-0.1, -0.05) is 18.2 Å². The van der Waals surface area contributed by atoms with Crippen molar-refractivity contribution >= 4 is 15.9 Å². The van der Waals surface area contributed by atoms with Gasteiger partial charge in [0, 0.05) is 32.2 Å². The monoisotopic (exact) mass is 351 g/mol. The molecule has 2 unspecified atom stereocenters. The van der Waals surface area contributed by atoms with Crippen molar-refractivity contribution < 1.29 is 13.2 Å². The minimum absolute atomic E-state index is 0.0374. The lowest BCUT2D eigenvalue weighted by atomic mass is 9.96. The smallest absolute Gasteiger partial charge is 0.243 e. The third-order valence-corrected chi connectivity index (χ3v) is 6.76. The Morgan fingerprint density at radius 2 is 1.75 bits per heavy atom. The van der Waals surface area contributed by atoms with Gasteiger partial charge in [0.2, 0.25) is 15.9 Å². The number of piperidine rings is 2. The van der Waals surface area contributed by atoms with Crippen LogP contribution in [0.4, 0.5) is 0 Å². The molecular formula is C17H25N3O3S. The number of benzene rings is 1. The lowest BCUT2D eigenvalue weighted by Gasteiger charge is -2.37. The Hall–Kier alpha value is -1.44. The van der Waals surface area contributed by atoms with E-state index in [-0.39, 0.29) is 29.3 Å². The maximum atomic E-state index is 12.8. The maximum absolute atomic E-state index is 12.8. The summed E-state index contributed by atoms with van der Waals surface area (Å²) in [4.78, 5) is 14.9. The van der Waals surface area contributed by atoms with Crippen molar-refractivity contribution in [2.24, 2.45) is 11.7 Å². The van der Waals surface area contributed by atoms with Gasteiger partial charge in [-0.2, -0.15) is 4.31 Å². The average Bonchev–Trinajstić information content (AvgIpc) is 2.62. The molecule has 3 rings (SSSR count). The summed E-state index contributed by atoms with van der Waals surface area (Å²) >= 11 is 0. The van der Waals surface area contributed by atoms with Crippen molar-refractivity contribution in [3.8, 4) is 0 Å². The van der Waals surface area contributed by atoms with Gasteiger partial charge in [0.1, 0.15) is 0 Å². The highest BCUT2D eigenvalue weighted by atomic mass is 32.2. The zero-order valence-corrected chi connectivity index (χ0v) is 14.6. The molecule has 2 atom stereocenters. The molecule has 1 aromatic rings. The standard InChI is InChI=1S/C17H25N3O3S/c18-15-7-5-10-19(13-15)17(21)14-6-4-11-20(12-14)24(22,23)16-8-2-1-3-9-16/h1-3,8-9,14-15H,4-7,10-13,18H2. The van der Waals surface area contributed by atoms with Crippen LogP contribution in [0.1, 0.15) is 25.7 Å². The Bertz CT molecular complexity index is 678. The number of sulfonamides is 1. The van der Waals surface area contributed by atoms with Gasteiger partial charge in [0.25, 0.3) is 0 Å². The van der Waals surface area contributed by atoms with E-state index < -0.39 is 10.0 Å². The molecule has 7 heteroatoms. The molecule has 0 aliphatic carbocycles. The second kappa shape index (κ2) is 7.21. The summed E-state index contributed by atoms with van der Waals surface area (Å²) in [5, 5.41) is 0. The maximum Gasteiger partial charge on any atom is 0.243 e. The number of carbonyl (C=O) groups excluding carboxylic acids is 1. The Balaban J connectivity index is 1.71. The quantitative estimate of drug-likeness (QED) is 0.882. The Kier molecular flexibility index (Phi) is 5.22. The van der Waals surface area contributed by atoms with Crippen LogP contribution in [0.3, 0.4) is 0 Å². The van der Waals surface area contributed by atoms with Crippen LogP contribution in [0.25, 0.3) is 0 Å². The SMILES string of the molecule is NC1CCCN(C(=O)C2CCCN(S(=O)(=O)c3ccccc3)C2)C1. The molecule has 6 nitrogen and oxygen atoms in total. The van der Waals surface area contributed by atoms with E-state index in [9.17, 15) is 13.2 Å². The summed E-state index contributed by atoms with van der Waals surface area (Å²) in [5.41, 5.74) is 5.96. The van der Waals surface area contributed by atoms with Gasteiger partial charge in [0.05, 0.1) is 10.8 Å². The van der Waals surface area contributed by atoms with Crippen molar-refractivity contribution in [2.75, 3.05) is 26.2 Å². The highest BCUT2D eigenvalue weighted by Crippen LogP contribution is 2.25. The van der Waals surface area contributed by atoms with E-state index in [1.807, 2.05) is 4.90 Å². The van der Waals surface area contributed by atoms with E-state index in [0.717, 1.165) is 25.8 Å². The third kappa shape index (κ3) is 3.63. The highest BCUT2D eigenvalue weighted by molar-refractivity contribution is 7.89. The van der Waals surface area contributed by atoms with Gasteiger partial charge < -0.3 is 10.6 Å². The first-order valence-electron chi connectivity index (χ1n) is 8.58. The van der Waals surface area contributed by atoms with Crippen LogP contribution < -0.4 is 5.73 Å². The van der Waals surface area contributed by atoms with E-state index in [0.29, 0.717) is 19.5 Å². The van der Waals surface area contributed by atoms with Crippen molar-refractivity contribution in [1.29, 1.82) is 0 Å². The lowest BCUT2D eigenvalue weighted by molar-refractivity contribution is -0.137. The van der Waals surface area contributed by atoms with E-state index in [1.165, 1.54) is 4.31 Å². The van der Waals surface area contributed by atoms with Crippen LogP contribution in [0.5, 0.6) is 0 Å². The van der Waals surface area contributed by atoms with Crippen LogP contribution in [0.15, 0.2) is 35.2 Å². The summed E-state index contributed by atoms with van der Waals surface area (Å²) in [7, 11) is -3.53. The number of amides is 1. The summed E-state index contributed by atoms with van der Waals surface area (Å²) in [6, 6.07) is 8.47. The van der Waals surface area contributed by atoms with Crippen LogP contribution in [-0.4, -0.2) is 55.8 Å². The fraction of sp³-hybridized carbons (Fsp3) is 0.588. The molecule has 0 saturated carbocycles. The van der Waals surface area contributed by atoms with E-state index in [2.05, 4.69) is 0 Å². The molecule has 2 N–H and O–H groups in total. The second-order valence-corrected chi connectivity index (χ2v) is 8.64. The first kappa shape index (κ1) is 17.4. The molecule has 0 spiro atoms. The first-order valence-corrected chi connectivity index (χ1v) is 10.0. The molecule has 2 aliphatic rings. The minimum atomic E-state index is -3.53. The Labute approximate surface area is 143 Å². The minimum Gasteiger partial charge on any atom is -0.341 e. The topological polar surface area (TPSA) is 83.7 Å². The molecule has 0 aromatic heterocycles. The molecule has 0 bridgehead atoms. The van der Waals surface area contributed by atoms with Crippen LogP contribution in [0.2, 0.25) is 0 Å². The molecule has 1 amide bonds. The largest absolute Gasteiger partial charge is 0.341 e. The van der Waals surface area contributed by atoms with Gasteiger partial charge in [-0.25, -0.2) is 8.42 Å². The van der Waals surface area contributed by atoms with Gasteiger partial charge >= 0.3 is 0 Å². The number of carbonyl (C=O) groups is 1. The molecular weight excluding hydrogens is 326 g/mol. The molecule has 24 heavy (non-hydrogen) atoms. The van der Waals surface area contributed by atoms with Crippen LogP contribution in [0, 0.1) is 5.92 Å². The van der Waals surface area contributed by atoms with E-state index in [1.54, 1.807) is 30.3 Å². The molecule has 0 radical (unpaired) electrons. The van der Waals surface area contributed by atoms with Crippen molar-refractivity contribution in [1.82, 2.24) is 9.21 Å². The van der Waals surface area contributed by atoms with E-state index >= 15 is 0 Å². The van der Waals surface area contributed by atoms with Gasteiger partial charge in [-0.3, -0.25) is 4.79 Å². The zero-order valence-electron chi connectivity index (χ0n) is 13.8. The fourth-order valence-corrected chi connectivity index (χ4v) is 5.12. The number of likely N-dealkylation sites (tertiary alicyclic amines) is 1. The normalized spacial score (nSPS) is 26.3. The molecule has 2 fully saturated rings. The second-order valence-electron chi connectivity index (χ2n) is 6.70.